The minimum atomic E-state index is -0.561. The number of carbonyl (C=O) groups is 1. The molecule has 0 aliphatic carbocycles. The van der Waals surface area contributed by atoms with Crippen LogP contribution in [0.1, 0.15) is 17.3 Å². The number of amides is 1. The third-order valence-electron chi connectivity index (χ3n) is 2.82. The van der Waals surface area contributed by atoms with E-state index in [9.17, 15) is 14.3 Å². The fourth-order valence-corrected chi connectivity index (χ4v) is 1.87. The summed E-state index contributed by atoms with van der Waals surface area (Å²) >= 11 is 0. The van der Waals surface area contributed by atoms with Gasteiger partial charge in [0.05, 0.1) is 24.8 Å². The highest BCUT2D eigenvalue weighted by Crippen LogP contribution is 2.21. The molecule has 92 valence electrons. The standard InChI is InChI=1S/C12H14FNO3/c1-8-7-17-5-4-14(8)12(16)10-3-2-9(13)6-11(10)15/h2-3,6,8,15H,4-5,7H2,1H3. The summed E-state index contributed by atoms with van der Waals surface area (Å²) in [6.45, 7) is 3.32. The van der Waals surface area contributed by atoms with Crippen molar-refractivity contribution in [1.29, 1.82) is 0 Å². The Morgan fingerprint density at radius 2 is 2.35 bits per heavy atom. The van der Waals surface area contributed by atoms with Gasteiger partial charge in [0.1, 0.15) is 11.6 Å². The van der Waals surface area contributed by atoms with Gasteiger partial charge in [0, 0.05) is 12.6 Å². The van der Waals surface area contributed by atoms with Gasteiger partial charge in [-0.3, -0.25) is 4.79 Å². The number of aromatic hydroxyl groups is 1. The number of ether oxygens (including phenoxy) is 1. The second kappa shape index (κ2) is 4.71. The molecule has 1 aliphatic heterocycles. The van der Waals surface area contributed by atoms with E-state index >= 15 is 0 Å². The van der Waals surface area contributed by atoms with Crippen molar-refractivity contribution in [3.63, 3.8) is 0 Å². The molecule has 5 heteroatoms. The summed E-state index contributed by atoms with van der Waals surface area (Å²) in [5.41, 5.74) is 0.125. The summed E-state index contributed by atoms with van der Waals surface area (Å²) < 4.78 is 18.1. The second-order valence-corrected chi connectivity index (χ2v) is 4.08. The largest absolute Gasteiger partial charge is 0.507 e. The van der Waals surface area contributed by atoms with Crippen LogP contribution in [0.2, 0.25) is 0 Å². The summed E-state index contributed by atoms with van der Waals surface area (Å²) in [7, 11) is 0. The lowest BCUT2D eigenvalue weighted by Gasteiger charge is -2.33. The molecule has 1 N–H and O–H groups in total. The van der Waals surface area contributed by atoms with Crippen molar-refractivity contribution in [3.05, 3.63) is 29.6 Å². The van der Waals surface area contributed by atoms with Gasteiger partial charge in [-0.1, -0.05) is 0 Å². The molecule has 1 unspecified atom stereocenters. The number of nitrogens with zero attached hydrogens (tertiary/aromatic N) is 1. The van der Waals surface area contributed by atoms with Gasteiger partial charge in [-0.05, 0) is 19.1 Å². The van der Waals surface area contributed by atoms with E-state index in [0.29, 0.717) is 19.8 Å². The van der Waals surface area contributed by atoms with Crippen molar-refractivity contribution < 1.29 is 19.0 Å². The molecule has 17 heavy (non-hydrogen) atoms. The van der Waals surface area contributed by atoms with E-state index in [4.69, 9.17) is 4.74 Å². The maximum Gasteiger partial charge on any atom is 0.258 e. The zero-order valence-electron chi connectivity index (χ0n) is 9.52. The molecule has 1 aromatic rings. The number of phenolic OH excluding ortho intramolecular Hbond substituents is 1. The first-order chi connectivity index (χ1) is 8.09. The van der Waals surface area contributed by atoms with Crippen molar-refractivity contribution in [2.75, 3.05) is 19.8 Å². The lowest BCUT2D eigenvalue weighted by atomic mass is 10.1. The molecule has 1 amide bonds. The number of halogens is 1. The van der Waals surface area contributed by atoms with Crippen molar-refractivity contribution in [2.24, 2.45) is 0 Å². The van der Waals surface area contributed by atoms with Gasteiger partial charge < -0.3 is 14.7 Å². The highest BCUT2D eigenvalue weighted by molar-refractivity contribution is 5.97. The summed E-state index contributed by atoms with van der Waals surface area (Å²) in [5.74, 6) is -1.18. The Kier molecular flexibility index (Phi) is 3.28. The van der Waals surface area contributed by atoms with Crippen LogP contribution < -0.4 is 0 Å². The van der Waals surface area contributed by atoms with Crippen molar-refractivity contribution in [1.82, 2.24) is 4.90 Å². The molecule has 0 saturated carbocycles. The van der Waals surface area contributed by atoms with E-state index in [1.807, 2.05) is 6.92 Å². The Morgan fingerprint density at radius 1 is 1.59 bits per heavy atom. The summed E-state index contributed by atoms with van der Waals surface area (Å²) in [6.07, 6.45) is 0. The van der Waals surface area contributed by atoms with Gasteiger partial charge in [-0.2, -0.15) is 0 Å². The molecule has 0 aromatic heterocycles. The van der Waals surface area contributed by atoms with Gasteiger partial charge in [-0.15, -0.1) is 0 Å². The van der Waals surface area contributed by atoms with Gasteiger partial charge in [-0.25, -0.2) is 4.39 Å². The Morgan fingerprint density at radius 3 is 3.00 bits per heavy atom. The van der Waals surface area contributed by atoms with Crippen LogP contribution in [0, 0.1) is 5.82 Å². The van der Waals surface area contributed by atoms with Crippen molar-refractivity contribution in [2.45, 2.75) is 13.0 Å². The lowest BCUT2D eigenvalue weighted by molar-refractivity contribution is 0.00344. The zero-order valence-corrected chi connectivity index (χ0v) is 9.52. The van der Waals surface area contributed by atoms with Crippen LogP contribution in [-0.2, 0) is 4.74 Å². The fourth-order valence-electron chi connectivity index (χ4n) is 1.87. The molecule has 1 aromatic carbocycles. The average molecular weight is 239 g/mol. The number of benzene rings is 1. The highest BCUT2D eigenvalue weighted by Gasteiger charge is 2.26. The smallest absolute Gasteiger partial charge is 0.258 e. The van der Waals surface area contributed by atoms with Crippen molar-refractivity contribution in [3.8, 4) is 5.75 Å². The third-order valence-corrected chi connectivity index (χ3v) is 2.82. The minimum absolute atomic E-state index is 0.0410. The predicted octanol–water partition coefficient (Wildman–Crippen LogP) is 1.39. The minimum Gasteiger partial charge on any atom is -0.507 e. The van der Waals surface area contributed by atoms with Gasteiger partial charge in [0.25, 0.3) is 5.91 Å². The van der Waals surface area contributed by atoms with Crippen molar-refractivity contribution >= 4 is 5.91 Å². The fraction of sp³-hybridized carbons (Fsp3) is 0.417. The van der Waals surface area contributed by atoms with E-state index in [0.717, 1.165) is 12.1 Å². The molecule has 0 bridgehead atoms. The summed E-state index contributed by atoms with van der Waals surface area (Å²) in [6, 6.07) is 3.37. The molecule has 1 fully saturated rings. The van der Waals surface area contributed by atoms with Gasteiger partial charge in [0.15, 0.2) is 0 Å². The second-order valence-electron chi connectivity index (χ2n) is 4.08. The number of rotatable bonds is 1. The van der Waals surface area contributed by atoms with Crippen LogP contribution in [-0.4, -0.2) is 41.7 Å². The Balaban J connectivity index is 2.24. The molecule has 1 aliphatic rings. The van der Waals surface area contributed by atoms with Crippen LogP contribution in [0.15, 0.2) is 18.2 Å². The van der Waals surface area contributed by atoms with E-state index in [1.54, 1.807) is 4.90 Å². The molecule has 4 nitrogen and oxygen atoms in total. The molecule has 2 rings (SSSR count). The first-order valence-corrected chi connectivity index (χ1v) is 5.47. The van der Waals surface area contributed by atoms with E-state index in [1.165, 1.54) is 6.07 Å². The lowest BCUT2D eigenvalue weighted by Crippen LogP contribution is -2.47. The average Bonchev–Trinajstić information content (AvgIpc) is 2.29. The van der Waals surface area contributed by atoms with Crippen LogP contribution >= 0.6 is 0 Å². The zero-order chi connectivity index (χ0) is 12.4. The van der Waals surface area contributed by atoms with Gasteiger partial charge in [0.2, 0.25) is 0 Å². The molecule has 0 radical (unpaired) electrons. The normalized spacial score (nSPS) is 20.4. The topological polar surface area (TPSA) is 49.8 Å². The van der Waals surface area contributed by atoms with Gasteiger partial charge >= 0.3 is 0 Å². The predicted molar refractivity (Wildman–Crippen MR) is 59.4 cm³/mol. The van der Waals surface area contributed by atoms with E-state index in [2.05, 4.69) is 0 Å². The first-order valence-electron chi connectivity index (χ1n) is 5.47. The molecule has 1 saturated heterocycles. The number of hydrogen-bond acceptors (Lipinski definition) is 3. The quantitative estimate of drug-likeness (QED) is 0.805. The van der Waals surface area contributed by atoms with E-state index < -0.39 is 5.82 Å². The SMILES string of the molecule is CC1COCCN1C(=O)c1ccc(F)cc1O. The maximum atomic E-state index is 12.8. The first kappa shape index (κ1) is 11.9. The van der Waals surface area contributed by atoms with Crippen LogP contribution in [0.5, 0.6) is 5.75 Å². The Labute approximate surface area is 98.6 Å². The van der Waals surface area contributed by atoms with Crippen LogP contribution in [0.3, 0.4) is 0 Å². The number of phenols is 1. The summed E-state index contributed by atoms with van der Waals surface area (Å²) in [5, 5.41) is 9.56. The maximum absolute atomic E-state index is 12.8. The van der Waals surface area contributed by atoms with Crippen LogP contribution in [0.25, 0.3) is 0 Å². The number of morpholine rings is 1. The molecular weight excluding hydrogens is 225 g/mol. The molecule has 1 atom stereocenters. The Hall–Kier alpha value is -1.62. The number of carbonyl (C=O) groups excluding carboxylic acids is 1. The summed E-state index contributed by atoms with van der Waals surface area (Å²) in [4.78, 5) is 13.8. The third kappa shape index (κ3) is 2.39. The molecule has 1 heterocycles. The van der Waals surface area contributed by atoms with Crippen LogP contribution in [0.4, 0.5) is 4.39 Å². The number of hydrogen-bond donors (Lipinski definition) is 1. The highest BCUT2D eigenvalue weighted by atomic mass is 19.1. The Bertz CT molecular complexity index is 436. The molecular formula is C12H14FNO3. The monoisotopic (exact) mass is 239 g/mol. The van der Waals surface area contributed by atoms with E-state index in [-0.39, 0.29) is 23.3 Å². The molecule has 0 spiro atoms.